The summed E-state index contributed by atoms with van der Waals surface area (Å²) in [6.45, 7) is 4.90. The fraction of sp³-hybridized carbons (Fsp3) is 0.462. The summed E-state index contributed by atoms with van der Waals surface area (Å²) in [6, 6.07) is 7.59. The van der Waals surface area contributed by atoms with Gasteiger partial charge < -0.3 is 9.47 Å². The van der Waals surface area contributed by atoms with E-state index < -0.39 is 17.5 Å². The van der Waals surface area contributed by atoms with Gasteiger partial charge in [0.15, 0.2) is 11.6 Å². The van der Waals surface area contributed by atoms with Crippen molar-refractivity contribution in [3.8, 4) is 16.9 Å². The van der Waals surface area contributed by atoms with Crippen LogP contribution in [-0.4, -0.2) is 19.3 Å². The number of rotatable bonds is 9. The molecule has 0 aromatic heterocycles. The summed E-state index contributed by atoms with van der Waals surface area (Å²) >= 11 is 0. The predicted molar refractivity (Wildman–Crippen MR) is 118 cm³/mol. The van der Waals surface area contributed by atoms with Crippen molar-refractivity contribution in [3.63, 3.8) is 0 Å². The normalized spacial score (nSPS) is 19.1. The molecule has 168 valence electrons. The van der Waals surface area contributed by atoms with Crippen molar-refractivity contribution in [2.45, 2.75) is 64.4 Å². The molecule has 0 radical (unpaired) electrons. The van der Waals surface area contributed by atoms with Gasteiger partial charge in [-0.1, -0.05) is 37.6 Å². The molecule has 5 heteroatoms. The molecule has 0 spiro atoms. The number of allylic oxidation sites excluding steroid dienone is 1. The molecule has 1 aliphatic carbocycles. The summed E-state index contributed by atoms with van der Waals surface area (Å²) in [5.41, 5.74) is 0.864. The molecule has 0 heterocycles. The molecule has 31 heavy (non-hydrogen) atoms. The van der Waals surface area contributed by atoms with Crippen LogP contribution in [0.15, 0.2) is 42.5 Å². The molecular weight excluding hydrogens is 401 g/mol. The summed E-state index contributed by atoms with van der Waals surface area (Å²) in [6.07, 6.45) is 9.57. The fourth-order valence-corrected chi connectivity index (χ4v) is 4.03. The van der Waals surface area contributed by atoms with Crippen LogP contribution in [0, 0.1) is 17.5 Å². The summed E-state index contributed by atoms with van der Waals surface area (Å²) in [4.78, 5) is 0. The third kappa shape index (κ3) is 5.91. The second-order valence-electron chi connectivity index (χ2n) is 8.06. The zero-order valence-electron chi connectivity index (χ0n) is 18.3. The van der Waals surface area contributed by atoms with Gasteiger partial charge in [-0.15, -0.1) is 0 Å². The number of hydrogen-bond acceptors (Lipinski definition) is 2. The van der Waals surface area contributed by atoms with Crippen molar-refractivity contribution >= 4 is 0 Å². The Morgan fingerprint density at radius 1 is 0.968 bits per heavy atom. The minimum absolute atomic E-state index is 0.0589. The standard InChI is InChI=1S/C26H31F3O2/c1-3-5-15-30-20-10-7-18(8-11-20)19-9-12-21(23(27)17-19)22-13-14-24(26(29)25(22)28)31-16-6-4-2/h3,5,9,12-14,17-18,20H,4,6-8,10-11,15-16H2,1-2H3. The molecule has 0 atom stereocenters. The van der Waals surface area contributed by atoms with E-state index in [-0.39, 0.29) is 28.9 Å². The average molecular weight is 433 g/mol. The van der Waals surface area contributed by atoms with Crippen LogP contribution in [0.1, 0.15) is 63.9 Å². The van der Waals surface area contributed by atoms with E-state index in [9.17, 15) is 13.2 Å². The fourth-order valence-electron chi connectivity index (χ4n) is 4.03. The van der Waals surface area contributed by atoms with Gasteiger partial charge in [0.25, 0.3) is 0 Å². The zero-order valence-corrected chi connectivity index (χ0v) is 18.3. The lowest BCUT2D eigenvalue weighted by Crippen LogP contribution is -2.21. The lowest BCUT2D eigenvalue weighted by Gasteiger charge is -2.28. The second kappa shape index (κ2) is 11.4. The van der Waals surface area contributed by atoms with E-state index in [1.54, 1.807) is 6.07 Å². The lowest BCUT2D eigenvalue weighted by molar-refractivity contribution is 0.0422. The lowest BCUT2D eigenvalue weighted by atomic mass is 9.82. The van der Waals surface area contributed by atoms with Gasteiger partial charge in [-0.25, -0.2) is 8.78 Å². The molecule has 1 fully saturated rings. The predicted octanol–water partition coefficient (Wildman–Crippen LogP) is 7.57. The Hall–Kier alpha value is -2.27. The Bertz CT molecular complexity index is 886. The van der Waals surface area contributed by atoms with Gasteiger partial charge in [0.2, 0.25) is 5.82 Å². The van der Waals surface area contributed by atoms with E-state index in [1.165, 1.54) is 18.2 Å². The molecule has 0 unspecified atom stereocenters. The summed E-state index contributed by atoms with van der Waals surface area (Å²) in [7, 11) is 0. The van der Waals surface area contributed by atoms with Gasteiger partial charge in [-0.3, -0.25) is 0 Å². The first kappa shape index (κ1) is 23.4. The van der Waals surface area contributed by atoms with E-state index in [0.717, 1.165) is 44.1 Å². The molecule has 2 aromatic carbocycles. The van der Waals surface area contributed by atoms with Gasteiger partial charge in [0, 0.05) is 11.1 Å². The second-order valence-corrected chi connectivity index (χ2v) is 8.06. The molecular formula is C26H31F3O2. The maximum atomic E-state index is 14.9. The largest absolute Gasteiger partial charge is 0.490 e. The quantitative estimate of drug-likeness (QED) is 0.300. The summed E-state index contributed by atoms with van der Waals surface area (Å²) in [5, 5.41) is 0. The number of ether oxygens (including phenoxy) is 2. The van der Waals surface area contributed by atoms with E-state index >= 15 is 0 Å². The Morgan fingerprint density at radius 3 is 2.39 bits per heavy atom. The van der Waals surface area contributed by atoms with Crippen LogP contribution in [0.4, 0.5) is 13.2 Å². The molecule has 2 aromatic rings. The Kier molecular flexibility index (Phi) is 8.59. The van der Waals surface area contributed by atoms with Gasteiger partial charge in [-0.05, 0) is 68.7 Å². The molecule has 1 aliphatic rings. The number of unbranched alkanes of at least 4 members (excludes halogenated alkanes) is 1. The van der Waals surface area contributed by atoms with Crippen molar-refractivity contribution in [2.24, 2.45) is 0 Å². The van der Waals surface area contributed by atoms with Crippen molar-refractivity contribution in [3.05, 3.63) is 65.5 Å². The van der Waals surface area contributed by atoms with Crippen LogP contribution in [0.5, 0.6) is 5.75 Å². The van der Waals surface area contributed by atoms with E-state index in [2.05, 4.69) is 0 Å². The minimum Gasteiger partial charge on any atom is -0.490 e. The SMILES string of the molecule is CC=CCOC1CCC(c2ccc(-c3ccc(OCCCC)c(F)c3F)c(F)c2)CC1. The highest BCUT2D eigenvalue weighted by molar-refractivity contribution is 5.66. The first-order chi connectivity index (χ1) is 15.0. The van der Waals surface area contributed by atoms with Crippen LogP contribution < -0.4 is 4.74 Å². The van der Waals surface area contributed by atoms with Crippen molar-refractivity contribution in [1.82, 2.24) is 0 Å². The molecule has 3 rings (SSSR count). The zero-order chi connectivity index (χ0) is 22.2. The highest BCUT2D eigenvalue weighted by atomic mass is 19.2. The average Bonchev–Trinajstić information content (AvgIpc) is 2.78. The van der Waals surface area contributed by atoms with Gasteiger partial charge in [0.1, 0.15) is 5.82 Å². The molecule has 0 N–H and O–H groups in total. The maximum Gasteiger partial charge on any atom is 0.201 e. The van der Waals surface area contributed by atoms with Crippen LogP contribution in [-0.2, 0) is 4.74 Å². The Morgan fingerprint density at radius 2 is 1.71 bits per heavy atom. The maximum absolute atomic E-state index is 14.9. The molecule has 0 aliphatic heterocycles. The van der Waals surface area contributed by atoms with Gasteiger partial charge in [0.05, 0.1) is 19.3 Å². The molecule has 1 saturated carbocycles. The first-order valence-corrected chi connectivity index (χ1v) is 11.2. The van der Waals surface area contributed by atoms with Crippen LogP contribution in [0.3, 0.4) is 0 Å². The highest BCUT2D eigenvalue weighted by Crippen LogP contribution is 2.37. The summed E-state index contributed by atoms with van der Waals surface area (Å²) < 4.78 is 55.0. The van der Waals surface area contributed by atoms with Gasteiger partial charge >= 0.3 is 0 Å². The molecule has 0 bridgehead atoms. The minimum atomic E-state index is -1.08. The topological polar surface area (TPSA) is 18.5 Å². The number of halogens is 3. The van der Waals surface area contributed by atoms with Crippen LogP contribution in [0.2, 0.25) is 0 Å². The number of benzene rings is 2. The summed E-state index contributed by atoms with van der Waals surface area (Å²) in [5.74, 6) is -2.59. The van der Waals surface area contributed by atoms with Crippen molar-refractivity contribution in [1.29, 1.82) is 0 Å². The van der Waals surface area contributed by atoms with Gasteiger partial charge in [-0.2, -0.15) is 4.39 Å². The third-order valence-electron chi connectivity index (χ3n) is 5.90. The first-order valence-electron chi connectivity index (χ1n) is 11.2. The smallest absolute Gasteiger partial charge is 0.201 e. The number of hydrogen-bond donors (Lipinski definition) is 0. The van der Waals surface area contributed by atoms with Crippen LogP contribution >= 0.6 is 0 Å². The molecule has 0 saturated heterocycles. The van der Waals surface area contributed by atoms with Crippen molar-refractivity contribution in [2.75, 3.05) is 13.2 Å². The van der Waals surface area contributed by atoms with Crippen molar-refractivity contribution < 1.29 is 22.6 Å². The van der Waals surface area contributed by atoms with E-state index in [1.807, 2.05) is 32.1 Å². The molecule has 2 nitrogen and oxygen atoms in total. The Balaban J connectivity index is 1.69. The van der Waals surface area contributed by atoms with E-state index in [0.29, 0.717) is 13.2 Å². The third-order valence-corrected chi connectivity index (χ3v) is 5.90. The van der Waals surface area contributed by atoms with Crippen LogP contribution in [0.25, 0.3) is 11.1 Å². The monoisotopic (exact) mass is 432 g/mol. The Labute approximate surface area is 183 Å². The highest BCUT2D eigenvalue weighted by Gasteiger charge is 2.24. The molecule has 0 amide bonds. The van der Waals surface area contributed by atoms with E-state index in [4.69, 9.17) is 9.47 Å².